The number of nitrogens with zero attached hydrogens (tertiary/aromatic N) is 2. The van der Waals surface area contributed by atoms with Gasteiger partial charge in [0.15, 0.2) is 0 Å². The smallest absolute Gasteiger partial charge is 0.354 e. The summed E-state index contributed by atoms with van der Waals surface area (Å²) >= 11 is 0. The normalized spacial score (nSPS) is 11.7. The Balaban J connectivity index is 2.11. The molecule has 23 heavy (non-hydrogen) atoms. The maximum atomic E-state index is 12.6. The number of aromatic carboxylic acids is 1. The standard InChI is InChI=1S/C18H20N2O3/c1-3-15(11-13-7-5-4-6-8-13)20(2)17(21)14-9-10-16(18(22)23)19-12-14/h4-10,12,15H,3,11H2,1-2H3,(H,22,23). The number of carbonyl (C=O) groups is 2. The fourth-order valence-corrected chi connectivity index (χ4v) is 2.46. The van der Waals surface area contributed by atoms with Gasteiger partial charge in [0.05, 0.1) is 5.56 Å². The molecule has 0 bridgehead atoms. The maximum Gasteiger partial charge on any atom is 0.354 e. The zero-order valence-electron chi connectivity index (χ0n) is 13.3. The third-order valence-corrected chi connectivity index (χ3v) is 3.88. The minimum atomic E-state index is -1.10. The molecule has 0 spiro atoms. The molecule has 1 aromatic carbocycles. The van der Waals surface area contributed by atoms with Crippen molar-refractivity contribution >= 4 is 11.9 Å². The molecule has 0 aliphatic heterocycles. The van der Waals surface area contributed by atoms with E-state index in [1.54, 1.807) is 11.9 Å². The molecule has 1 atom stereocenters. The van der Waals surface area contributed by atoms with Gasteiger partial charge in [-0.05, 0) is 30.5 Å². The summed E-state index contributed by atoms with van der Waals surface area (Å²) in [6.45, 7) is 2.04. The van der Waals surface area contributed by atoms with Crippen LogP contribution >= 0.6 is 0 Å². The highest BCUT2D eigenvalue weighted by Gasteiger charge is 2.20. The molecule has 2 aromatic rings. The number of hydrogen-bond acceptors (Lipinski definition) is 3. The van der Waals surface area contributed by atoms with Crippen LogP contribution in [0.3, 0.4) is 0 Å². The number of aromatic nitrogens is 1. The highest BCUT2D eigenvalue weighted by Crippen LogP contribution is 2.14. The van der Waals surface area contributed by atoms with Crippen LogP contribution < -0.4 is 0 Å². The van der Waals surface area contributed by atoms with E-state index in [0.717, 1.165) is 12.8 Å². The molecule has 1 amide bonds. The minimum Gasteiger partial charge on any atom is -0.477 e. The van der Waals surface area contributed by atoms with E-state index in [9.17, 15) is 9.59 Å². The van der Waals surface area contributed by atoms with Crippen molar-refractivity contribution in [1.29, 1.82) is 0 Å². The lowest BCUT2D eigenvalue weighted by Gasteiger charge is -2.27. The van der Waals surface area contributed by atoms with Gasteiger partial charge in [0.1, 0.15) is 5.69 Å². The topological polar surface area (TPSA) is 70.5 Å². The lowest BCUT2D eigenvalue weighted by atomic mass is 10.0. The Bertz CT molecular complexity index is 668. The van der Waals surface area contributed by atoms with Crippen LogP contribution in [0.1, 0.15) is 39.8 Å². The van der Waals surface area contributed by atoms with Crippen molar-refractivity contribution < 1.29 is 14.7 Å². The van der Waals surface area contributed by atoms with Gasteiger partial charge in [-0.2, -0.15) is 0 Å². The van der Waals surface area contributed by atoms with E-state index in [4.69, 9.17) is 5.11 Å². The third-order valence-electron chi connectivity index (χ3n) is 3.88. The average molecular weight is 312 g/mol. The number of likely N-dealkylation sites (N-methyl/N-ethyl adjacent to an activating group) is 1. The van der Waals surface area contributed by atoms with Crippen LogP contribution in [0.25, 0.3) is 0 Å². The van der Waals surface area contributed by atoms with Gasteiger partial charge in [0, 0.05) is 19.3 Å². The van der Waals surface area contributed by atoms with Crippen molar-refractivity contribution in [1.82, 2.24) is 9.88 Å². The van der Waals surface area contributed by atoms with E-state index < -0.39 is 5.97 Å². The summed E-state index contributed by atoms with van der Waals surface area (Å²) < 4.78 is 0. The zero-order chi connectivity index (χ0) is 16.8. The van der Waals surface area contributed by atoms with Crippen molar-refractivity contribution in [3.05, 3.63) is 65.5 Å². The summed E-state index contributed by atoms with van der Waals surface area (Å²) in [6, 6.07) is 13.0. The number of pyridine rings is 1. The first kappa shape index (κ1) is 16.7. The Morgan fingerprint density at radius 1 is 1.17 bits per heavy atom. The van der Waals surface area contributed by atoms with E-state index >= 15 is 0 Å². The lowest BCUT2D eigenvalue weighted by molar-refractivity contribution is 0.0685. The molecular formula is C18H20N2O3. The molecule has 5 heteroatoms. The Hall–Kier alpha value is -2.69. The Morgan fingerprint density at radius 2 is 1.87 bits per heavy atom. The van der Waals surface area contributed by atoms with E-state index in [2.05, 4.69) is 4.98 Å². The Labute approximate surface area is 135 Å². The summed E-state index contributed by atoms with van der Waals surface area (Å²) in [5.41, 5.74) is 1.50. The fourth-order valence-electron chi connectivity index (χ4n) is 2.46. The number of benzene rings is 1. The average Bonchev–Trinajstić information content (AvgIpc) is 2.59. The quantitative estimate of drug-likeness (QED) is 0.890. The second kappa shape index (κ2) is 7.54. The van der Waals surface area contributed by atoms with Gasteiger partial charge in [-0.15, -0.1) is 0 Å². The molecule has 1 heterocycles. The molecule has 0 aliphatic rings. The number of carboxylic acid groups (broad SMARTS) is 1. The largest absolute Gasteiger partial charge is 0.477 e. The van der Waals surface area contributed by atoms with Crippen LogP contribution in [0.4, 0.5) is 0 Å². The number of hydrogen-bond donors (Lipinski definition) is 1. The molecule has 1 N–H and O–H groups in total. The van der Waals surface area contributed by atoms with Crippen molar-refractivity contribution in [2.75, 3.05) is 7.05 Å². The van der Waals surface area contributed by atoms with Crippen LogP contribution in [0.5, 0.6) is 0 Å². The molecule has 1 aromatic heterocycles. The third kappa shape index (κ3) is 4.16. The van der Waals surface area contributed by atoms with Gasteiger partial charge >= 0.3 is 5.97 Å². The first-order chi connectivity index (χ1) is 11.0. The fraction of sp³-hybridized carbons (Fsp3) is 0.278. The highest BCUT2D eigenvalue weighted by atomic mass is 16.4. The summed E-state index contributed by atoms with van der Waals surface area (Å²) in [4.78, 5) is 28.9. The van der Waals surface area contributed by atoms with Crippen molar-refractivity contribution in [3.8, 4) is 0 Å². The molecule has 120 valence electrons. The van der Waals surface area contributed by atoms with E-state index in [0.29, 0.717) is 5.56 Å². The molecular weight excluding hydrogens is 292 g/mol. The van der Waals surface area contributed by atoms with Crippen molar-refractivity contribution in [3.63, 3.8) is 0 Å². The van der Waals surface area contributed by atoms with Crippen LogP contribution in [0, 0.1) is 0 Å². The van der Waals surface area contributed by atoms with Crippen LogP contribution in [-0.2, 0) is 6.42 Å². The van der Waals surface area contributed by atoms with Gasteiger partial charge in [0.2, 0.25) is 0 Å². The Morgan fingerprint density at radius 3 is 2.39 bits per heavy atom. The van der Waals surface area contributed by atoms with Crippen LogP contribution in [-0.4, -0.2) is 40.0 Å². The SMILES string of the molecule is CCC(Cc1ccccc1)N(C)C(=O)c1ccc(C(=O)O)nc1. The number of rotatable bonds is 6. The maximum absolute atomic E-state index is 12.6. The summed E-state index contributed by atoms with van der Waals surface area (Å²) in [6.07, 6.45) is 2.93. The van der Waals surface area contributed by atoms with Gasteiger partial charge in [-0.25, -0.2) is 9.78 Å². The zero-order valence-corrected chi connectivity index (χ0v) is 13.3. The van der Waals surface area contributed by atoms with E-state index in [-0.39, 0.29) is 17.6 Å². The summed E-state index contributed by atoms with van der Waals surface area (Å²) in [7, 11) is 1.77. The van der Waals surface area contributed by atoms with Crippen LogP contribution in [0.15, 0.2) is 48.7 Å². The molecule has 0 saturated carbocycles. The number of carboxylic acids is 1. The van der Waals surface area contributed by atoms with Crippen molar-refractivity contribution in [2.24, 2.45) is 0 Å². The van der Waals surface area contributed by atoms with Gasteiger partial charge in [0.25, 0.3) is 5.91 Å². The predicted molar refractivity (Wildman–Crippen MR) is 87.5 cm³/mol. The first-order valence-electron chi connectivity index (χ1n) is 7.53. The molecule has 1 unspecified atom stereocenters. The molecule has 0 fully saturated rings. The predicted octanol–water partition coefficient (Wildman–Crippen LogP) is 2.87. The Kier molecular flexibility index (Phi) is 5.46. The molecule has 0 radical (unpaired) electrons. The first-order valence-corrected chi connectivity index (χ1v) is 7.53. The second-order valence-electron chi connectivity index (χ2n) is 5.41. The summed E-state index contributed by atoms with van der Waals surface area (Å²) in [5.74, 6) is -1.26. The second-order valence-corrected chi connectivity index (χ2v) is 5.41. The number of amides is 1. The summed E-state index contributed by atoms with van der Waals surface area (Å²) in [5, 5.41) is 8.86. The van der Waals surface area contributed by atoms with Crippen molar-refractivity contribution in [2.45, 2.75) is 25.8 Å². The van der Waals surface area contributed by atoms with Crippen LogP contribution in [0.2, 0.25) is 0 Å². The highest BCUT2D eigenvalue weighted by molar-refractivity contribution is 5.95. The van der Waals surface area contributed by atoms with Gasteiger partial charge in [-0.3, -0.25) is 4.79 Å². The molecule has 2 rings (SSSR count). The monoisotopic (exact) mass is 312 g/mol. The lowest BCUT2D eigenvalue weighted by Crippen LogP contribution is -2.38. The minimum absolute atomic E-state index is 0.0690. The van der Waals surface area contributed by atoms with E-state index in [1.165, 1.54) is 23.9 Å². The van der Waals surface area contributed by atoms with Gasteiger partial charge in [-0.1, -0.05) is 37.3 Å². The van der Waals surface area contributed by atoms with Gasteiger partial charge < -0.3 is 10.0 Å². The van der Waals surface area contributed by atoms with E-state index in [1.807, 2.05) is 37.3 Å². The molecule has 0 saturated heterocycles. The molecule has 5 nitrogen and oxygen atoms in total. The number of carbonyl (C=O) groups excluding carboxylic acids is 1. The molecule has 0 aliphatic carbocycles.